The molecule has 0 aromatic heterocycles. The Kier molecular flexibility index (Phi) is 6.48. The number of rotatable bonds is 7. The van der Waals surface area contributed by atoms with Crippen LogP contribution in [0.15, 0.2) is 36.4 Å². The fourth-order valence-corrected chi connectivity index (χ4v) is 6.23. The van der Waals surface area contributed by atoms with Crippen LogP contribution in [0.3, 0.4) is 0 Å². The van der Waals surface area contributed by atoms with E-state index in [1.807, 2.05) is 10.8 Å². The molecular formula is C25H22F5N3O4S. The summed E-state index contributed by atoms with van der Waals surface area (Å²) >= 11 is 0. The number of carbonyl (C=O) groups excluding carboxylic acids is 1. The summed E-state index contributed by atoms with van der Waals surface area (Å²) in [5, 5.41) is 9.66. The van der Waals surface area contributed by atoms with E-state index >= 15 is 4.39 Å². The van der Waals surface area contributed by atoms with Gasteiger partial charge < -0.3 is 9.64 Å². The quantitative estimate of drug-likeness (QED) is 0.529. The Morgan fingerprint density at radius 1 is 1.16 bits per heavy atom. The first-order valence-electron chi connectivity index (χ1n) is 11.7. The minimum atomic E-state index is -5.08. The summed E-state index contributed by atoms with van der Waals surface area (Å²) in [6.45, 7) is -0.366. The molecule has 2 unspecified atom stereocenters. The lowest BCUT2D eigenvalue weighted by molar-refractivity contribution is -0.162. The van der Waals surface area contributed by atoms with Gasteiger partial charge >= 0.3 is 5.76 Å². The van der Waals surface area contributed by atoms with Crippen molar-refractivity contribution in [3.8, 4) is 17.2 Å². The van der Waals surface area contributed by atoms with E-state index in [0.717, 1.165) is 12.1 Å². The summed E-state index contributed by atoms with van der Waals surface area (Å²) in [7, 11) is -5.08. The Labute approximate surface area is 215 Å². The summed E-state index contributed by atoms with van der Waals surface area (Å²) in [5.41, 5.74) is -2.59. The molecule has 1 spiro atoms. The standard InChI is InChI=1S/C25H22F5N3O4S/c26-16-6-15(7-17(27)9-16)18-3-1-2-14(20(18)28)8-19-21(32-38(35,36)23(29)30)24(4-5-24)11-33(19)22(34)25(10-31)12-37-13-25/h1-3,6-7,9,19,21,23,32H,4-5,8,11-13H2. The molecule has 1 aliphatic carbocycles. The van der Waals surface area contributed by atoms with Crippen LogP contribution in [0.5, 0.6) is 0 Å². The minimum absolute atomic E-state index is 0.00717. The van der Waals surface area contributed by atoms with Crippen molar-refractivity contribution in [2.45, 2.75) is 37.1 Å². The fraction of sp³-hybridized carbons (Fsp3) is 0.440. The van der Waals surface area contributed by atoms with Gasteiger partial charge in [0.2, 0.25) is 5.91 Å². The number of carbonyl (C=O) groups is 1. The van der Waals surface area contributed by atoms with Crippen LogP contribution < -0.4 is 4.72 Å². The molecular weight excluding hydrogens is 533 g/mol. The van der Waals surface area contributed by atoms with Gasteiger partial charge in [-0.1, -0.05) is 18.2 Å². The van der Waals surface area contributed by atoms with Crippen LogP contribution in [0.4, 0.5) is 22.0 Å². The van der Waals surface area contributed by atoms with E-state index in [1.54, 1.807) is 0 Å². The van der Waals surface area contributed by atoms with E-state index in [9.17, 15) is 36.0 Å². The molecule has 1 N–H and O–H groups in total. The van der Waals surface area contributed by atoms with Gasteiger partial charge in [-0.25, -0.2) is 26.3 Å². The summed E-state index contributed by atoms with van der Waals surface area (Å²) in [6.07, 6.45) is 0.569. The zero-order valence-corrected chi connectivity index (χ0v) is 20.6. The Morgan fingerprint density at radius 3 is 2.34 bits per heavy atom. The van der Waals surface area contributed by atoms with Crippen molar-refractivity contribution < 1.29 is 39.9 Å². The number of nitrogens with zero attached hydrogens (tertiary/aromatic N) is 2. The number of amides is 1. The topological polar surface area (TPSA) is 99.5 Å². The Morgan fingerprint density at radius 2 is 1.82 bits per heavy atom. The number of nitriles is 1. The number of hydrogen-bond acceptors (Lipinski definition) is 5. The summed E-state index contributed by atoms with van der Waals surface area (Å²) in [5.74, 6) is -7.07. The van der Waals surface area contributed by atoms with Gasteiger partial charge in [-0.05, 0) is 42.5 Å². The van der Waals surface area contributed by atoms with Gasteiger partial charge in [-0.2, -0.15) is 14.0 Å². The lowest BCUT2D eigenvalue weighted by Gasteiger charge is -2.39. The highest BCUT2D eigenvalue weighted by Gasteiger charge is 2.64. The highest BCUT2D eigenvalue weighted by atomic mass is 32.2. The van der Waals surface area contributed by atoms with Crippen molar-refractivity contribution in [3.63, 3.8) is 0 Å². The number of ether oxygens (including phenoxy) is 1. The first-order chi connectivity index (χ1) is 17.9. The van der Waals surface area contributed by atoms with Crippen molar-refractivity contribution in [2.75, 3.05) is 19.8 Å². The molecule has 13 heteroatoms. The van der Waals surface area contributed by atoms with Gasteiger partial charge in [0.15, 0.2) is 5.41 Å². The van der Waals surface area contributed by atoms with Gasteiger partial charge in [-0.15, -0.1) is 0 Å². The normalized spacial score (nSPS) is 23.3. The third-order valence-corrected chi connectivity index (χ3v) is 8.66. The maximum atomic E-state index is 15.7. The number of likely N-dealkylation sites (tertiary alicyclic amines) is 1. The third kappa shape index (κ3) is 4.44. The molecule has 5 rings (SSSR count). The number of nitrogens with one attached hydrogen (secondary N) is 1. The molecule has 38 heavy (non-hydrogen) atoms. The molecule has 2 heterocycles. The highest BCUT2D eigenvalue weighted by Crippen LogP contribution is 2.56. The first-order valence-corrected chi connectivity index (χ1v) is 13.3. The van der Waals surface area contributed by atoms with Gasteiger partial charge in [0.25, 0.3) is 10.0 Å². The van der Waals surface area contributed by atoms with Gasteiger partial charge in [0.1, 0.15) is 17.5 Å². The smallest absolute Gasteiger partial charge is 0.350 e. The molecule has 3 aliphatic rings. The highest BCUT2D eigenvalue weighted by molar-refractivity contribution is 7.89. The van der Waals surface area contributed by atoms with Gasteiger partial charge in [-0.3, -0.25) is 4.79 Å². The first kappa shape index (κ1) is 26.5. The molecule has 202 valence electrons. The number of hydrogen-bond donors (Lipinski definition) is 1. The molecule has 2 aromatic rings. The Bertz CT molecular complexity index is 1420. The monoisotopic (exact) mass is 555 g/mol. The summed E-state index contributed by atoms with van der Waals surface area (Å²) < 4.78 is 101. The van der Waals surface area contributed by atoms with Crippen molar-refractivity contribution >= 4 is 15.9 Å². The number of benzene rings is 2. The summed E-state index contributed by atoms with van der Waals surface area (Å²) in [6, 6.07) is 6.28. The second-order valence-corrected chi connectivity index (χ2v) is 11.8. The number of alkyl halides is 2. The van der Waals surface area contributed by atoms with Crippen molar-refractivity contribution in [3.05, 3.63) is 59.4 Å². The average molecular weight is 556 g/mol. The maximum absolute atomic E-state index is 15.7. The van der Waals surface area contributed by atoms with E-state index in [0.29, 0.717) is 18.9 Å². The van der Waals surface area contributed by atoms with Crippen LogP contribution in [0, 0.1) is 39.6 Å². The molecule has 2 saturated heterocycles. The van der Waals surface area contributed by atoms with Crippen molar-refractivity contribution in [2.24, 2.45) is 10.8 Å². The lowest BCUT2D eigenvalue weighted by Crippen LogP contribution is -2.58. The molecule has 7 nitrogen and oxygen atoms in total. The van der Waals surface area contributed by atoms with Crippen molar-refractivity contribution in [1.82, 2.24) is 9.62 Å². The molecule has 1 saturated carbocycles. The predicted octanol–water partition coefficient (Wildman–Crippen LogP) is 3.36. The molecule has 2 atom stereocenters. The molecule has 3 fully saturated rings. The van der Waals surface area contributed by atoms with E-state index in [4.69, 9.17) is 4.74 Å². The summed E-state index contributed by atoms with van der Waals surface area (Å²) in [4.78, 5) is 14.8. The van der Waals surface area contributed by atoms with Crippen LogP contribution in [-0.4, -0.2) is 56.8 Å². The van der Waals surface area contributed by atoms with Crippen LogP contribution in [0.25, 0.3) is 11.1 Å². The fourth-order valence-electron chi connectivity index (χ4n) is 5.37. The molecule has 2 aliphatic heterocycles. The van der Waals surface area contributed by atoms with E-state index in [1.165, 1.54) is 23.1 Å². The average Bonchev–Trinajstić information content (AvgIpc) is 3.54. The molecule has 0 bridgehead atoms. The van der Waals surface area contributed by atoms with Crippen molar-refractivity contribution in [1.29, 1.82) is 5.26 Å². The lowest BCUT2D eigenvalue weighted by atomic mass is 9.85. The second-order valence-electron chi connectivity index (χ2n) is 10.1. The number of halogens is 5. The van der Waals surface area contributed by atoms with E-state index in [-0.39, 0.29) is 42.9 Å². The van der Waals surface area contributed by atoms with Gasteiger partial charge in [0.05, 0.1) is 25.3 Å². The predicted molar refractivity (Wildman–Crippen MR) is 123 cm³/mol. The molecule has 1 amide bonds. The largest absolute Gasteiger partial charge is 0.377 e. The maximum Gasteiger partial charge on any atom is 0.350 e. The second kappa shape index (κ2) is 9.29. The SMILES string of the molecule is N#CC1(C(=O)N2CC3(CC3)C(NS(=O)(=O)C(F)F)C2Cc2cccc(-c3cc(F)cc(F)c3)c2F)COC1. The van der Waals surface area contributed by atoms with Crippen LogP contribution in [0.1, 0.15) is 18.4 Å². The zero-order valence-electron chi connectivity index (χ0n) is 19.8. The molecule has 2 aromatic carbocycles. The number of sulfonamides is 1. The zero-order chi connectivity index (χ0) is 27.5. The van der Waals surface area contributed by atoms with Crippen LogP contribution in [-0.2, 0) is 26.0 Å². The van der Waals surface area contributed by atoms with E-state index in [2.05, 4.69) is 0 Å². The molecule has 0 radical (unpaired) electrons. The third-order valence-electron chi connectivity index (χ3n) is 7.61. The van der Waals surface area contributed by atoms with Crippen LogP contribution in [0.2, 0.25) is 0 Å². The Balaban J connectivity index is 1.55. The van der Waals surface area contributed by atoms with Crippen LogP contribution >= 0.6 is 0 Å². The van der Waals surface area contributed by atoms with Gasteiger partial charge in [0, 0.05) is 29.6 Å². The minimum Gasteiger partial charge on any atom is -0.377 e. The van der Waals surface area contributed by atoms with E-state index < -0.39 is 62.1 Å². The Hall–Kier alpha value is -3.08.